The fourth-order valence-electron chi connectivity index (χ4n) is 11.8. The Hall–Kier alpha value is -6.29. The van der Waals surface area contributed by atoms with Crippen molar-refractivity contribution in [1.82, 2.24) is 4.90 Å². The molecule has 0 bridgehead atoms. The molecule has 2 aliphatic carbocycles. The van der Waals surface area contributed by atoms with Gasteiger partial charge in [-0.3, -0.25) is 14.9 Å². The molecule has 1 saturated carbocycles. The van der Waals surface area contributed by atoms with Crippen LogP contribution in [0, 0.1) is 33.7 Å². The van der Waals surface area contributed by atoms with E-state index < -0.39 is 22.7 Å². The van der Waals surface area contributed by atoms with E-state index in [4.69, 9.17) is 33.7 Å². The molecule has 8 rings (SSSR count). The number of nitro benzene ring substituents is 1. The molecule has 0 aromatic heterocycles. The van der Waals surface area contributed by atoms with Gasteiger partial charge in [0.05, 0.1) is 23.2 Å². The van der Waals surface area contributed by atoms with Crippen molar-refractivity contribution in [3.8, 4) is 23.0 Å². The molecule has 1 fully saturated rings. The Bertz CT molecular complexity index is 2620. The molecular weight excluding hydrogens is 970 g/mol. The number of benzene rings is 4. The third kappa shape index (κ3) is 13.6. The number of hydrogen-bond acceptors (Lipinski definition) is 12. The average Bonchev–Trinajstić information content (AvgIpc) is 3.95. The summed E-state index contributed by atoms with van der Waals surface area (Å²) < 4.78 is 47.7. The van der Waals surface area contributed by atoms with E-state index in [9.17, 15) is 24.7 Å². The van der Waals surface area contributed by atoms with E-state index in [0.717, 1.165) is 61.6 Å². The first-order valence-corrected chi connectivity index (χ1v) is 27.7. The summed E-state index contributed by atoms with van der Waals surface area (Å²) in [6, 6.07) is 23.4. The number of hydrogen-bond donors (Lipinski definition) is 2. The molecule has 76 heavy (non-hydrogen) atoms. The topological polar surface area (TPSA) is 172 Å². The van der Waals surface area contributed by atoms with Gasteiger partial charge in [0.1, 0.15) is 36.6 Å². The van der Waals surface area contributed by atoms with E-state index >= 15 is 4.79 Å². The summed E-state index contributed by atoms with van der Waals surface area (Å²) in [4.78, 5) is 34.7. The number of unbranched alkanes of at least 4 members (excludes halogenated alkanes) is 10. The standard InChI is InChI=1S/C61H76FN3O11/c1-3-5-6-7-8-9-10-11-12-23-58(68)64(39-44-26-30-55-56(35-44)73-42-72-55)57-38-53(63-75-40-43-24-27-47(28-25-43)65(69)70)50-36-45(19-15-17-32-66)49(21-16-18-33-67)59-51-37-48(71-41-46-20-13-14-22-52(46)62)29-31-54(51)76-61(57,60(50)59)74-34-4-2/h4,13-14,20,22,24-31,35-37,45,49,57,59-60,66-67H,2-3,5-12,15-19,21,23,32-34,38-42H2,1H3. The number of amides is 1. The highest BCUT2D eigenvalue weighted by molar-refractivity contribution is 6.03. The van der Waals surface area contributed by atoms with Crippen molar-refractivity contribution >= 4 is 17.3 Å². The second kappa shape index (κ2) is 27.7. The third-order valence-corrected chi connectivity index (χ3v) is 15.5. The lowest BCUT2D eigenvalue weighted by Crippen LogP contribution is -2.70. The van der Waals surface area contributed by atoms with E-state index in [1.807, 2.05) is 41.3 Å². The molecule has 1 amide bonds. The van der Waals surface area contributed by atoms with Gasteiger partial charge in [-0.15, -0.1) is 6.58 Å². The fourth-order valence-corrected chi connectivity index (χ4v) is 11.8. The van der Waals surface area contributed by atoms with Crippen molar-refractivity contribution in [3.05, 3.63) is 147 Å². The molecule has 4 aliphatic rings. The van der Waals surface area contributed by atoms with Crippen molar-refractivity contribution in [3.63, 3.8) is 0 Å². The Labute approximate surface area is 447 Å². The largest absolute Gasteiger partial charge is 0.489 e. The molecule has 4 aromatic rings. The molecule has 0 spiro atoms. The molecule has 2 N–H and O–H groups in total. The zero-order chi connectivity index (χ0) is 53.3. The highest BCUT2D eigenvalue weighted by atomic mass is 19.1. The molecule has 0 radical (unpaired) electrons. The normalized spacial score (nSPS) is 21.5. The van der Waals surface area contributed by atoms with Crippen molar-refractivity contribution < 1.29 is 52.8 Å². The Morgan fingerprint density at radius 3 is 2.30 bits per heavy atom. The second-order valence-corrected chi connectivity index (χ2v) is 20.6. The minimum atomic E-state index is -1.51. The van der Waals surface area contributed by atoms with Gasteiger partial charge in [-0.2, -0.15) is 0 Å². The van der Waals surface area contributed by atoms with Gasteiger partial charge >= 0.3 is 0 Å². The van der Waals surface area contributed by atoms with Gasteiger partial charge in [0.2, 0.25) is 18.5 Å². The quantitative estimate of drug-likeness (QED) is 0.0213. The molecule has 0 saturated heterocycles. The van der Waals surface area contributed by atoms with E-state index in [0.29, 0.717) is 65.5 Å². The van der Waals surface area contributed by atoms with Crippen LogP contribution in [0.1, 0.15) is 144 Å². The summed E-state index contributed by atoms with van der Waals surface area (Å²) >= 11 is 0. The number of nitro groups is 1. The summed E-state index contributed by atoms with van der Waals surface area (Å²) in [6.45, 7) is 6.82. The van der Waals surface area contributed by atoms with Crippen LogP contribution < -0.4 is 18.9 Å². The van der Waals surface area contributed by atoms with Crippen LogP contribution in [0.3, 0.4) is 0 Å². The zero-order valence-corrected chi connectivity index (χ0v) is 44.1. The van der Waals surface area contributed by atoms with Crippen LogP contribution in [0.5, 0.6) is 23.0 Å². The van der Waals surface area contributed by atoms with Crippen molar-refractivity contribution in [1.29, 1.82) is 0 Å². The van der Waals surface area contributed by atoms with Gasteiger partial charge in [0.25, 0.3) is 5.69 Å². The summed E-state index contributed by atoms with van der Waals surface area (Å²) in [5.41, 5.74) is 4.25. The number of ether oxygens (including phenoxy) is 5. The Balaban J connectivity index is 1.26. The van der Waals surface area contributed by atoms with Crippen molar-refractivity contribution in [2.45, 2.75) is 154 Å². The molecule has 4 aromatic carbocycles. The summed E-state index contributed by atoms with van der Waals surface area (Å²) in [5.74, 6) is -0.604. The second-order valence-electron chi connectivity index (χ2n) is 20.6. The fraction of sp³-hybridized carbons (Fsp3) is 0.508. The van der Waals surface area contributed by atoms with Gasteiger partial charge < -0.3 is 43.6 Å². The predicted molar refractivity (Wildman–Crippen MR) is 289 cm³/mol. The molecule has 2 heterocycles. The van der Waals surface area contributed by atoms with E-state index in [-0.39, 0.29) is 88.0 Å². The molecule has 14 nitrogen and oxygen atoms in total. The first-order valence-electron chi connectivity index (χ1n) is 27.7. The number of nitrogens with zero attached hydrogens (tertiary/aromatic N) is 3. The van der Waals surface area contributed by atoms with Crippen LogP contribution in [-0.4, -0.2) is 70.1 Å². The first kappa shape index (κ1) is 55.9. The van der Waals surface area contributed by atoms with Crippen LogP contribution >= 0.6 is 0 Å². The van der Waals surface area contributed by atoms with Crippen LogP contribution in [-0.2, 0) is 34.1 Å². The maximum atomic E-state index is 15.5. The molecule has 6 atom stereocenters. The lowest BCUT2D eigenvalue weighted by molar-refractivity contribution is -0.384. The Morgan fingerprint density at radius 1 is 0.855 bits per heavy atom. The molecule has 2 aliphatic heterocycles. The maximum absolute atomic E-state index is 15.5. The molecular formula is C61H76FN3O11. The highest BCUT2D eigenvalue weighted by Crippen LogP contribution is 2.62. The van der Waals surface area contributed by atoms with Crippen LogP contribution in [0.2, 0.25) is 0 Å². The zero-order valence-electron chi connectivity index (χ0n) is 44.1. The molecule has 6 unspecified atom stereocenters. The van der Waals surface area contributed by atoms with Gasteiger partial charge in [-0.25, -0.2) is 4.39 Å². The van der Waals surface area contributed by atoms with Gasteiger partial charge in [-0.05, 0) is 109 Å². The van der Waals surface area contributed by atoms with Crippen molar-refractivity contribution in [2.75, 3.05) is 26.6 Å². The number of aliphatic hydroxyl groups is 2. The summed E-state index contributed by atoms with van der Waals surface area (Å²) in [5, 5.41) is 36.7. The maximum Gasteiger partial charge on any atom is 0.269 e. The van der Waals surface area contributed by atoms with Crippen LogP contribution in [0.4, 0.5) is 10.1 Å². The number of carbonyl (C=O) groups is 1. The van der Waals surface area contributed by atoms with Crippen LogP contribution in [0.25, 0.3) is 0 Å². The number of oxime groups is 1. The Kier molecular flexibility index (Phi) is 20.4. The number of aliphatic hydroxyl groups excluding tert-OH is 2. The SMILES string of the molecule is C=CCOC12Oc3ccc(OCc4ccccc4F)cc3C3C(CCCCO)C(CCCCO)C=C(C(=NOCc4ccc([N+](=O)[O-])cc4)CC1N(Cc1ccc4c(c1)OCO4)C(=O)CCCCCCCCCCC)C32. The Morgan fingerprint density at radius 2 is 1.57 bits per heavy atom. The summed E-state index contributed by atoms with van der Waals surface area (Å²) in [7, 11) is 0. The average molecular weight is 1050 g/mol. The van der Waals surface area contributed by atoms with E-state index in [2.05, 4.69) is 19.6 Å². The predicted octanol–water partition coefficient (Wildman–Crippen LogP) is 12.8. The summed E-state index contributed by atoms with van der Waals surface area (Å²) in [6.07, 6.45) is 18.6. The number of rotatable bonds is 31. The van der Waals surface area contributed by atoms with Gasteiger partial charge in [0.15, 0.2) is 11.5 Å². The number of carbonyl (C=O) groups excluding carboxylic acids is 1. The number of non-ortho nitro benzene ring substituents is 1. The monoisotopic (exact) mass is 1050 g/mol. The van der Waals surface area contributed by atoms with E-state index in [1.165, 1.54) is 50.3 Å². The van der Waals surface area contributed by atoms with Gasteiger partial charge in [-0.1, -0.05) is 113 Å². The minimum absolute atomic E-state index is 0.00251. The number of fused-ring (bicyclic) bond motifs is 3. The minimum Gasteiger partial charge on any atom is -0.489 e. The lowest BCUT2D eigenvalue weighted by atomic mass is 9.55. The van der Waals surface area contributed by atoms with E-state index in [1.54, 1.807) is 36.4 Å². The highest BCUT2D eigenvalue weighted by Gasteiger charge is 2.65. The molecule has 15 heteroatoms. The lowest BCUT2D eigenvalue weighted by Gasteiger charge is -2.60. The van der Waals surface area contributed by atoms with Crippen LogP contribution in [0.15, 0.2) is 114 Å². The number of halogens is 1. The third-order valence-electron chi connectivity index (χ3n) is 15.5. The van der Waals surface area contributed by atoms with Gasteiger partial charge in [0, 0.05) is 61.8 Å². The molecule has 408 valence electrons. The van der Waals surface area contributed by atoms with Crippen molar-refractivity contribution in [2.24, 2.45) is 22.9 Å². The first-order chi connectivity index (χ1) is 37.2. The number of allylic oxidation sites excluding steroid dienone is 1. The smallest absolute Gasteiger partial charge is 0.269 e.